The summed E-state index contributed by atoms with van der Waals surface area (Å²) in [5, 5.41) is 19.1. The molecular weight excluding hydrogens is 649 g/mol. The van der Waals surface area contributed by atoms with Gasteiger partial charge in [0.25, 0.3) is 0 Å². The summed E-state index contributed by atoms with van der Waals surface area (Å²) in [4.78, 5) is 31.5. The molecule has 0 saturated heterocycles. The second-order valence-corrected chi connectivity index (χ2v) is 19.1. The van der Waals surface area contributed by atoms with E-state index in [9.17, 15) is 14.7 Å². The molecule has 9 atom stereocenters. The van der Waals surface area contributed by atoms with E-state index >= 15 is 0 Å². The molecule has 4 saturated carbocycles. The van der Waals surface area contributed by atoms with Gasteiger partial charge in [-0.25, -0.2) is 4.79 Å². The standard InChI is InChI=1S/C45H68N2O5/c1-30(2)33-16-21-45(40(51)47(26-27-48)25-24-46(8)9)23-22-43(6)35(38(33)45)14-15-37-42(5)19-17-34(41(3,4)36(42)18-20-44(37,43)7)31-10-12-32(13-11-31)39(50)52-29-28-49/h10-13,17,33,35-38,48-49H,1,14-16,18-29H2,2-9H3/t33-,35+,36-,37+,38+,42-,43+,44+,45-/m0/s1. The van der Waals surface area contributed by atoms with Crippen molar-refractivity contribution in [2.45, 2.75) is 99.3 Å². The summed E-state index contributed by atoms with van der Waals surface area (Å²) >= 11 is 0. The number of ether oxygens (including phenoxy) is 1. The first-order chi connectivity index (χ1) is 24.5. The summed E-state index contributed by atoms with van der Waals surface area (Å²) in [6, 6.07) is 7.87. The highest BCUT2D eigenvalue weighted by Gasteiger charge is 2.71. The van der Waals surface area contributed by atoms with Crippen LogP contribution in [0.15, 0.2) is 42.5 Å². The minimum absolute atomic E-state index is 0.00233. The van der Waals surface area contributed by atoms with Crippen LogP contribution >= 0.6 is 0 Å². The first kappa shape index (κ1) is 39.2. The van der Waals surface area contributed by atoms with E-state index in [1.165, 1.54) is 42.4 Å². The maximum absolute atomic E-state index is 14.9. The van der Waals surface area contributed by atoms with E-state index in [2.05, 4.69) is 85.3 Å². The largest absolute Gasteiger partial charge is 0.460 e. The van der Waals surface area contributed by atoms with Gasteiger partial charge >= 0.3 is 5.97 Å². The van der Waals surface area contributed by atoms with Crippen molar-refractivity contribution >= 4 is 17.4 Å². The lowest BCUT2D eigenvalue weighted by molar-refractivity contribution is -0.226. The predicted molar refractivity (Wildman–Crippen MR) is 208 cm³/mol. The molecule has 5 aliphatic carbocycles. The van der Waals surface area contributed by atoms with Gasteiger partial charge in [0.1, 0.15) is 6.61 Å². The number of nitrogens with zero attached hydrogens (tertiary/aromatic N) is 2. The molecule has 0 bridgehead atoms. The molecule has 0 aromatic heterocycles. The Morgan fingerprint density at radius 2 is 1.56 bits per heavy atom. The molecule has 288 valence electrons. The van der Waals surface area contributed by atoms with Gasteiger partial charge in [0.05, 0.1) is 24.2 Å². The van der Waals surface area contributed by atoms with Crippen LogP contribution in [-0.2, 0) is 9.53 Å². The van der Waals surface area contributed by atoms with Gasteiger partial charge in [0.2, 0.25) is 5.91 Å². The Balaban J connectivity index is 1.31. The van der Waals surface area contributed by atoms with Gasteiger partial charge in [-0.15, -0.1) is 0 Å². The first-order valence-electron chi connectivity index (χ1n) is 20.3. The number of rotatable bonds is 11. The van der Waals surface area contributed by atoms with Crippen LogP contribution in [0.2, 0.25) is 0 Å². The van der Waals surface area contributed by atoms with Crippen LogP contribution in [0.5, 0.6) is 0 Å². The van der Waals surface area contributed by atoms with Gasteiger partial charge < -0.3 is 24.7 Å². The summed E-state index contributed by atoms with van der Waals surface area (Å²) < 4.78 is 5.15. The minimum atomic E-state index is -0.399. The highest BCUT2D eigenvalue weighted by Crippen LogP contribution is 2.78. The molecule has 1 amide bonds. The number of carbonyl (C=O) groups excluding carboxylic acids is 2. The smallest absolute Gasteiger partial charge is 0.338 e. The van der Waals surface area contributed by atoms with Crippen molar-refractivity contribution in [3.8, 4) is 0 Å². The Labute approximate surface area is 314 Å². The van der Waals surface area contributed by atoms with E-state index in [1.54, 1.807) is 0 Å². The molecule has 1 aromatic rings. The lowest BCUT2D eigenvalue weighted by atomic mass is 9.32. The number of carbonyl (C=O) groups is 2. The number of benzene rings is 1. The van der Waals surface area contributed by atoms with E-state index < -0.39 is 5.97 Å². The van der Waals surface area contributed by atoms with Gasteiger partial charge in [-0.1, -0.05) is 65.0 Å². The summed E-state index contributed by atoms with van der Waals surface area (Å²) in [5.74, 6) is 2.18. The molecule has 0 spiro atoms. The molecule has 4 fully saturated rings. The van der Waals surface area contributed by atoms with Crippen LogP contribution in [0.25, 0.3) is 5.57 Å². The fourth-order valence-corrected chi connectivity index (χ4v) is 13.7. The zero-order chi connectivity index (χ0) is 37.9. The summed E-state index contributed by atoms with van der Waals surface area (Å²) in [6.45, 7) is 21.3. The maximum atomic E-state index is 14.9. The van der Waals surface area contributed by atoms with Crippen molar-refractivity contribution < 1.29 is 24.5 Å². The number of amides is 1. The van der Waals surface area contributed by atoms with Gasteiger partial charge in [-0.05, 0) is 153 Å². The van der Waals surface area contributed by atoms with Crippen molar-refractivity contribution in [3.63, 3.8) is 0 Å². The number of hydrogen-bond acceptors (Lipinski definition) is 6. The monoisotopic (exact) mass is 717 g/mol. The van der Waals surface area contributed by atoms with Crippen LogP contribution in [-0.4, -0.2) is 85.4 Å². The molecule has 1 aromatic carbocycles. The van der Waals surface area contributed by atoms with Crippen molar-refractivity contribution in [2.24, 2.45) is 56.7 Å². The molecule has 0 unspecified atom stereocenters. The third kappa shape index (κ3) is 6.04. The Morgan fingerprint density at radius 1 is 0.846 bits per heavy atom. The SMILES string of the molecule is C=C(C)[C@@H]1CC[C@]2(C(=O)N(CCO)CCN(C)C)CC[C@]3(C)[C@H](CC[C@@H]4[C@@]5(C)CC=C(c6ccc(C(=O)OCCO)cc6)C(C)(C)[C@@H]5CC[C@]43C)[C@@H]12. The molecule has 6 rings (SSSR count). The van der Waals surface area contributed by atoms with Crippen molar-refractivity contribution in [3.05, 3.63) is 53.6 Å². The molecule has 2 N–H and O–H groups in total. The zero-order valence-corrected chi connectivity index (χ0v) is 33.6. The van der Waals surface area contributed by atoms with Gasteiger partial charge in [0, 0.05) is 19.6 Å². The normalized spacial score (nSPS) is 37.6. The second kappa shape index (κ2) is 14.3. The molecule has 0 radical (unpaired) electrons. The van der Waals surface area contributed by atoms with E-state index in [-0.39, 0.29) is 46.9 Å². The van der Waals surface area contributed by atoms with Crippen molar-refractivity contribution in [1.82, 2.24) is 9.80 Å². The topological polar surface area (TPSA) is 90.3 Å². The maximum Gasteiger partial charge on any atom is 0.338 e. The summed E-state index contributed by atoms with van der Waals surface area (Å²) in [6.07, 6.45) is 12.4. The highest BCUT2D eigenvalue weighted by atomic mass is 16.5. The first-order valence-corrected chi connectivity index (χ1v) is 20.3. The predicted octanol–water partition coefficient (Wildman–Crippen LogP) is 7.87. The van der Waals surface area contributed by atoms with Crippen LogP contribution in [0.3, 0.4) is 0 Å². The number of esters is 1. The Kier molecular flexibility index (Phi) is 10.8. The van der Waals surface area contributed by atoms with Crippen LogP contribution < -0.4 is 0 Å². The molecule has 0 heterocycles. The van der Waals surface area contributed by atoms with E-state index in [1.807, 2.05) is 17.0 Å². The number of aliphatic hydroxyl groups is 2. The highest BCUT2D eigenvalue weighted by molar-refractivity contribution is 5.90. The molecular formula is C45H68N2O5. The Morgan fingerprint density at radius 3 is 2.19 bits per heavy atom. The fourth-order valence-electron chi connectivity index (χ4n) is 13.7. The van der Waals surface area contributed by atoms with Crippen LogP contribution in [0.4, 0.5) is 0 Å². The number of fused-ring (bicyclic) bond motifs is 7. The van der Waals surface area contributed by atoms with E-state index in [0.29, 0.717) is 54.1 Å². The quantitative estimate of drug-likeness (QED) is 0.179. The number of likely N-dealkylation sites (N-methyl/N-ethyl adjacent to an activating group) is 1. The molecule has 7 heteroatoms. The average Bonchev–Trinajstić information content (AvgIpc) is 3.50. The van der Waals surface area contributed by atoms with Crippen LogP contribution in [0.1, 0.15) is 115 Å². The minimum Gasteiger partial charge on any atom is -0.460 e. The molecule has 5 aliphatic rings. The number of allylic oxidation sites excluding steroid dienone is 3. The van der Waals surface area contributed by atoms with Gasteiger partial charge in [0.15, 0.2) is 0 Å². The number of hydrogen-bond donors (Lipinski definition) is 2. The Bertz CT molecular complexity index is 1550. The molecule has 7 nitrogen and oxygen atoms in total. The van der Waals surface area contributed by atoms with Crippen molar-refractivity contribution in [2.75, 3.05) is 53.6 Å². The Hall–Kier alpha value is -2.48. The average molecular weight is 717 g/mol. The van der Waals surface area contributed by atoms with E-state index in [0.717, 1.165) is 38.6 Å². The lowest BCUT2D eigenvalue weighted by Gasteiger charge is -2.72. The van der Waals surface area contributed by atoms with Crippen molar-refractivity contribution in [1.29, 1.82) is 0 Å². The van der Waals surface area contributed by atoms with Gasteiger partial charge in [-0.3, -0.25) is 4.79 Å². The fraction of sp³-hybridized carbons (Fsp3) is 0.733. The summed E-state index contributed by atoms with van der Waals surface area (Å²) in [7, 11) is 4.11. The molecule has 52 heavy (non-hydrogen) atoms. The zero-order valence-electron chi connectivity index (χ0n) is 33.6. The van der Waals surface area contributed by atoms with E-state index in [4.69, 9.17) is 9.84 Å². The molecule has 0 aliphatic heterocycles. The second-order valence-electron chi connectivity index (χ2n) is 19.1. The summed E-state index contributed by atoms with van der Waals surface area (Å²) in [5.41, 5.74) is 4.40. The third-order valence-corrected chi connectivity index (χ3v) is 16.3. The van der Waals surface area contributed by atoms with Crippen LogP contribution in [0, 0.1) is 56.7 Å². The third-order valence-electron chi connectivity index (χ3n) is 16.3. The number of aliphatic hydroxyl groups excluding tert-OH is 2. The van der Waals surface area contributed by atoms with Gasteiger partial charge in [-0.2, -0.15) is 0 Å². The lowest BCUT2D eigenvalue weighted by Crippen LogP contribution is -2.66.